The van der Waals surface area contributed by atoms with Crippen molar-refractivity contribution in [3.8, 4) is 0 Å². The van der Waals surface area contributed by atoms with Crippen LogP contribution in [0.1, 0.15) is 37.7 Å². The number of hydrogen-bond acceptors (Lipinski definition) is 3. The molecule has 0 aliphatic heterocycles. The Balaban J connectivity index is 1.82. The highest BCUT2D eigenvalue weighted by molar-refractivity contribution is 7.90. The summed E-state index contributed by atoms with van der Waals surface area (Å²) in [6.45, 7) is 0.461. The zero-order chi connectivity index (χ0) is 13.7. The first kappa shape index (κ1) is 14.3. The molecule has 1 aliphatic carbocycles. The smallest absolute Gasteiger partial charge is 0.214 e. The third-order valence-electron chi connectivity index (χ3n) is 3.69. The maximum Gasteiger partial charge on any atom is 0.214 e. The van der Waals surface area contributed by atoms with Gasteiger partial charge in [0.05, 0.1) is 5.25 Å². The molecule has 4 nitrogen and oxygen atoms in total. The van der Waals surface area contributed by atoms with Crippen molar-refractivity contribution in [3.63, 3.8) is 0 Å². The van der Waals surface area contributed by atoms with Crippen LogP contribution in [-0.4, -0.2) is 20.2 Å². The number of nitrogens with two attached hydrogens (primary N) is 1. The van der Waals surface area contributed by atoms with E-state index in [1.807, 2.05) is 24.3 Å². The van der Waals surface area contributed by atoms with E-state index >= 15 is 0 Å². The van der Waals surface area contributed by atoms with Gasteiger partial charge in [-0.25, -0.2) is 13.1 Å². The fourth-order valence-corrected chi connectivity index (χ4v) is 4.09. The number of rotatable bonds is 5. The molecular formula is C14H22N2O2S. The fraction of sp³-hybridized carbons (Fsp3) is 0.571. The lowest BCUT2D eigenvalue weighted by Crippen LogP contribution is -2.36. The topological polar surface area (TPSA) is 72.2 Å². The van der Waals surface area contributed by atoms with E-state index in [1.54, 1.807) is 0 Å². The van der Waals surface area contributed by atoms with Crippen LogP contribution in [0.15, 0.2) is 24.3 Å². The molecule has 1 aliphatic rings. The Morgan fingerprint density at radius 3 is 2.37 bits per heavy atom. The molecule has 106 valence electrons. The van der Waals surface area contributed by atoms with Gasteiger partial charge in [0.2, 0.25) is 10.0 Å². The normalized spacial score (nSPS) is 17.5. The Labute approximate surface area is 115 Å². The number of sulfonamides is 1. The van der Waals surface area contributed by atoms with Crippen molar-refractivity contribution in [2.75, 3.05) is 12.3 Å². The van der Waals surface area contributed by atoms with Gasteiger partial charge in [0.15, 0.2) is 0 Å². The second-order valence-corrected chi connectivity index (χ2v) is 7.24. The predicted molar refractivity (Wildman–Crippen MR) is 78.4 cm³/mol. The monoisotopic (exact) mass is 282 g/mol. The van der Waals surface area contributed by atoms with Gasteiger partial charge < -0.3 is 5.73 Å². The van der Waals surface area contributed by atoms with Crippen LogP contribution in [0.3, 0.4) is 0 Å². The highest BCUT2D eigenvalue weighted by Gasteiger charge is 2.26. The highest BCUT2D eigenvalue weighted by Crippen LogP contribution is 2.22. The van der Waals surface area contributed by atoms with Crippen LogP contribution in [0, 0.1) is 0 Å². The Morgan fingerprint density at radius 2 is 1.74 bits per heavy atom. The minimum absolute atomic E-state index is 0.187. The summed E-state index contributed by atoms with van der Waals surface area (Å²) in [5, 5.41) is -0.187. The Hall–Kier alpha value is -1.07. The van der Waals surface area contributed by atoms with E-state index in [4.69, 9.17) is 5.73 Å². The minimum atomic E-state index is -3.14. The summed E-state index contributed by atoms with van der Waals surface area (Å²) in [7, 11) is -3.14. The fourth-order valence-electron chi connectivity index (χ4n) is 2.52. The second kappa shape index (κ2) is 6.39. The average molecular weight is 282 g/mol. The average Bonchev–Trinajstić information content (AvgIpc) is 2.42. The van der Waals surface area contributed by atoms with Crippen molar-refractivity contribution in [3.05, 3.63) is 29.8 Å². The number of hydrogen-bond donors (Lipinski definition) is 2. The van der Waals surface area contributed by atoms with Crippen molar-refractivity contribution < 1.29 is 8.42 Å². The molecule has 0 amide bonds. The molecule has 0 saturated heterocycles. The van der Waals surface area contributed by atoms with Crippen LogP contribution in [0.25, 0.3) is 0 Å². The molecule has 0 bridgehead atoms. The lowest BCUT2D eigenvalue weighted by molar-refractivity contribution is 0.478. The first-order valence-electron chi connectivity index (χ1n) is 6.91. The van der Waals surface area contributed by atoms with Gasteiger partial charge in [-0.05, 0) is 37.0 Å². The summed E-state index contributed by atoms with van der Waals surface area (Å²) in [5.74, 6) is 0. The molecule has 1 aromatic carbocycles. The van der Waals surface area contributed by atoms with Crippen molar-refractivity contribution in [1.29, 1.82) is 0 Å². The lowest BCUT2D eigenvalue weighted by Gasteiger charge is -2.22. The molecular weight excluding hydrogens is 260 g/mol. The minimum Gasteiger partial charge on any atom is -0.399 e. The number of benzene rings is 1. The molecule has 0 spiro atoms. The van der Waals surface area contributed by atoms with Gasteiger partial charge in [0, 0.05) is 12.2 Å². The molecule has 1 saturated carbocycles. The molecule has 1 aromatic rings. The molecule has 3 N–H and O–H groups in total. The zero-order valence-electron chi connectivity index (χ0n) is 11.1. The molecule has 0 atom stereocenters. The molecule has 2 rings (SSSR count). The van der Waals surface area contributed by atoms with Gasteiger partial charge in [-0.15, -0.1) is 0 Å². The van der Waals surface area contributed by atoms with Crippen molar-refractivity contribution in [2.45, 2.75) is 43.8 Å². The summed E-state index contributed by atoms with van der Waals surface area (Å²) in [6, 6.07) is 7.55. The third kappa shape index (κ3) is 4.21. The quantitative estimate of drug-likeness (QED) is 0.812. The molecule has 19 heavy (non-hydrogen) atoms. The summed E-state index contributed by atoms with van der Waals surface area (Å²) in [4.78, 5) is 0. The van der Waals surface area contributed by atoms with Gasteiger partial charge in [-0.3, -0.25) is 0 Å². The molecule has 1 fully saturated rings. The van der Waals surface area contributed by atoms with Gasteiger partial charge in [-0.1, -0.05) is 31.4 Å². The van der Waals surface area contributed by atoms with Crippen LogP contribution in [-0.2, 0) is 16.4 Å². The molecule has 5 heteroatoms. The SMILES string of the molecule is Nc1ccc(CCNS(=O)(=O)C2CCCCC2)cc1. The van der Waals surface area contributed by atoms with Crippen LogP contribution in [0.5, 0.6) is 0 Å². The van der Waals surface area contributed by atoms with Crippen LogP contribution >= 0.6 is 0 Å². The molecule has 0 heterocycles. The third-order valence-corrected chi connectivity index (χ3v) is 5.64. The van der Waals surface area contributed by atoms with Crippen LogP contribution in [0.2, 0.25) is 0 Å². The number of nitrogens with one attached hydrogen (secondary N) is 1. The standard InChI is InChI=1S/C14H22N2O2S/c15-13-8-6-12(7-9-13)10-11-16-19(17,18)14-4-2-1-3-5-14/h6-9,14,16H,1-5,10-11,15H2. The van der Waals surface area contributed by atoms with Crippen LogP contribution in [0.4, 0.5) is 5.69 Å². The van der Waals surface area contributed by atoms with Crippen molar-refractivity contribution >= 4 is 15.7 Å². The van der Waals surface area contributed by atoms with E-state index in [1.165, 1.54) is 0 Å². The summed E-state index contributed by atoms with van der Waals surface area (Å²) in [5.41, 5.74) is 7.44. The van der Waals surface area contributed by atoms with Crippen molar-refractivity contribution in [2.24, 2.45) is 0 Å². The molecule has 0 aromatic heterocycles. The maximum absolute atomic E-state index is 12.1. The second-order valence-electron chi connectivity index (χ2n) is 5.19. The molecule has 0 unspecified atom stereocenters. The zero-order valence-corrected chi connectivity index (χ0v) is 12.0. The van der Waals surface area contributed by atoms with Gasteiger partial charge in [0.25, 0.3) is 0 Å². The van der Waals surface area contributed by atoms with E-state index in [9.17, 15) is 8.42 Å². The number of anilines is 1. The summed E-state index contributed by atoms with van der Waals surface area (Å²) >= 11 is 0. The van der Waals surface area contributed by atoms with E-state index in [2.05, 4.69) is 4.72 Å². The van der Waals surface area contributed by atoms with Gasteiger partial charge >= 0.3 is 0 Å². The van der Waals surface area contributed by atoms with E-state index in [0.29, 0.717) is 13.0 Å². The predicted octanol–water partition coefficient (Wildman–Crippen LogP) is 2.06. The maximum atomic E-state index is 12.1. The largest absolute Gasteiger partial charge is 0.399 e. The summed E-state index contributed by atoms with van der Waals surface area (Å²) < 4.78 is 26.9. The Kier molecular flexibility index (Phi) is 4.82. The highest BCUT2D eigenvalue weighted by atomic mass is 32.2. The van der Waals surface area contributed by atoms with E-state index in [0.717, 1.165) is 43.4 Å². The van der Waals surface area contributed by atoms with E-state index < -0.39 is 10.0 Å². The van der Waals surface area contributed by atoms with Crippen LogP contribution < -0.4 is 10.5 Å². The van der Waals surface area contributed by atoms with Gasteiger partial charge in [0.1, 0.15) is 0 Å². The molecule has 0 radical (unpaired) electrons. The first-order valence-corrected chi connectivity index (χ1v) is 8.45. The Morgan fingerprint density at radius 1 is 1.11 bits per heavy atom. The Bertz CT molecular complexity index is 491. The van der Waals surface area contributed by atoms with E-state index in [-0.39, 0.29) is 5.25 Å². The lowest BCUT2D eigenvalue weighted by atomic mass is 10.0. The van der Waals surface area contributed by atoms with Gasteiger partial charge in [-0.2, -0.15) is 0 Å². The number of nitrogen functional groups attached to an aromatic ring is 1. The van der Waals surface area contributed by atoms with Crippen molar-refractivity contribution in [1.82, 2.24) is 4.72 Å². The summed E-state index contributed by atoms with van der Waals surface area (Å²) in [6.07, 6.45) is 5.53. The first-order chi connectivity index (χ1) is 9.08.